The second-order valence-electron chi connectivity index (χ2n) is 13.1. The van der Waals surface area contributed by atoms with Crippen molar-refractivity contribution < 1.29 is 30.0 Å². The third kappa shape index (κ3) is 6.87. The standard InChI is InChI=1S/C24H23N2Si.C13H24O2.Ir/c1-24(2)19-14-17(27(3,4)5)13-16-10-12-26-23(20(16)19)18-9-8-15-7-6-11-25-22(15)21(18)24;1-5-10(6-2)12(14)9-13(15)11(7-3)8-4;/h6-8,10-14H,1-5H3;9-11,14H,5-8H2,1-4H3;/q-1;;/b;12-9-;. The topological polar surface area (TPSA) is 63.1 Å². The van der Waals surface area contributed by atoms with E-state index in [4.69, 9.17) is 9.97 Å². The molecule has 231 valence electrons. The Bertz CT molecular complexity index is 1630. The quantitative estimate of drug-likeness (QED) is 0.0840. The molecule has 0 spiro atoms. The molecule has 0 fully saturated rings. The summed E-state index contributed by atoms with van der Waals surface area (Å²) in [5.41, 5.74) is 5.69. The molecule has 2 heterocycles. The molecule has 0 aliphatic heterocycles. The fraction of sp³-hybridized carbons (Fsp3) is 0.432. The number of benzene rings is 2. The van der Waals surface area contributed by atoms with E-state index in [0.717, 1.165) is 47.8 Å². The molecule has 6 heteroatoms. The molecule has 4 nitrogen and oxygen atoms in total. The zero-order valence-electron chi connectivity index (χ0n) is 27.3. The van der Waals surface area contributed by atoms with E-state index in [-0.39, 0.29) is 48.9 Å². The molecule has 2 aromatic carbocycles. The number of aliphatic hydroxyl groups excluding tert-OH is 1. The van der Waals surface area contributed by atoms with E-state index >= 15 is 0 Å². The van der Waals surface area contributed by atoms with Crippen molar-refractivity contribution in [3.05, 3.63) is 77.8 Å². The predicted octanol–water partition coefficient (Wildman–Crippen LogP) is 9.30. The summed E-state index contributed by atoms with van der Waals surface area (Å²) in [7, 11) is -1.44. The Morgan fingerprint density at radius 2 is 1.60 bits per heavy atom. The number of hydrogen-bond acceptors (Lipinski definition) is 4. The van der Waals surface area contributed by atoms with Crippen molar-refractivity contribution in [2.24, 2.45) is 11.8 Å². The van der Waals surface area contributed by atoms with Crippen LogP contribution in [0.2, 0.25) is 19.6 Å². The fourth-order valence-electron chi connectivity index (χ4n) is 6.23. The van der Waals surface area contributed by atoms with Crippen LogP contribution < -0.4 is 5.19 Å². The van der Waals surface area contributed by atoms with Gasteiger partial charge in [0.15, 0.2) is 5.78 Å². The van der Waals surface area contributed by atoms with E-state index < -0.39 is 8.07 Å². The first-order chi connectivity index (χ1) is 19.9. The molecule has 0 amide bonds. The molecule has 0 atom stereocenters. The van der Waals surface area contributed by atoms with E-state index in [1.807, 2.05) is 46.2 Å². The monoisotopic (exact) mass is 772 g/mol. The molecule has 0 bridgehead atoms. The summed E-state index contributed by atoms with van der Waals surface area (Å²) < 4.78 is 0. The summed E-state index contributed by atoms with van der Waals surface area (Å²) in [5, 5.41) is 15.0. The van der Waals surface area contributed by atoms with Crippen LogP contribution in [0.5, 0.6) is 0 Å². The van der Waals surface area contributed by atoms with Crippen molar-refractivity contribution in [1.82, 2.24) is 9.97 Å². The third-order valence-corrected chi connectivity index (χ3v) is 11.1. The van der Waals surface area contributed by atoms with Gasteiger partial charge in [-0.15, -0.1) is 17.7 Å². The second-order valence-corrected chi connectivity index (χ2v) is 18.2. The number of allylic oxidation sites excluding steroid dienone is 2. The van der Waals surface area contributed by atoms with E-state index in [9.17, 15) is 9.90 Å². The van der Waals surface area contributed by atoms with Gasteiger partial charge in [-0.2, -0.15) is 0 Å². The third-order valence-electron chi connectivity index (χ3n) is 9.04. The Kier molecular flexibility index (Phi) is 11.3. The molecule has 1 aliphatic carbocycles. The van der Waals surface area contributed by atoms with E-state index in [0.29, 0.717) is 0 Å². The number of nitrogens with zero attached hydrogens (tertiary/aromatic N) is 2. The SMILES string of the molecule is CC1(C)c2c([c-]cc3cccnc23)-c2nccc3cc([Si](C)(C)C)cc1c23.CCC(CC)C(=O)/C=C(\O)C(CC)CC.[Ir]. The van der Waals surface area contributed by atoms with Gasteiger partial charge in [0.1, 0.15) is 0 Å². The second kappa shape index (κ2) is 14.0. The summed E-state index contributed by atoms with van der Waals surface area (Å²) >= 11 is 0. The molecule has 5 rings (SSSR count). The zero-order valence-corrected chi connectivity index (χ0v) is 30.7. The molecule has 1 aliphatic rings. The van der Waals surface area contributed by atoms with Gasteiger partial charge < -0.3 is 10.1 Å². The first-order valence-electron chi connectivity index (χ1n) is 15.6. The molecule has 0 saturated heterocycles. The van der Waals surface area contributed by atoms with Crippen molar-refractivity contribution in [2.75, 3.05) is 0 Å². The van der Waals surface area contributed by atoms with Crippen LogP contribution in [0.3, 0.4) is 0 Å². The van der Waals surface area contributed by atoms with E-state index in [1.165, 1.54) is 33.2 Å². The maximum Gasteiger partial charge on any atom is 0.162 e. The van der Waals surface area contributed by atoms with Gasteiger partial charge in [-0.3, -0.25) is 9.78 Å². The van der Waals surface area contributed by atoms with Crippen LogP contribution in [0, 0.1) is 17.9 Å². The Morgan fingerprint density at radius 3 is 2.21 bits per heavy atom. The Morgan fingerprint density at radius 1 is 0.953 bits per heavy atom. The van der Waals surface area contributed by atoms with Crippen LogP contribution in [0.1, 0.15) is 78.4 Å². The van der Waals surface area contributed by atoms with Crippen molar-refractivity contribution in [2.45, 2.75) is 92.3 Å². The number of carbonyl (C=O) groups is 1. The molecular formula is C37H47IrN2O2Si-. The van der Waals surface area contributed by atoms with Gasteiger partial charge in [-0.1, -0.05) is 102 Å². The van der Waals surface area contributed by atoms with Gasteiger partial charge in [0, 0.05) is 50.4 Å². The smallest absolute Gasteiger partial charge is 0.162 e. The first kappa shape index (κ1) is 34.8. The maximum atomic E-state index is 11.7. The number of carbonyl (C=O) groups excluding carboxylic acids is 1. The van der Waals surface area contributed by atoms with Crippen LogP contribution in [0.4, 0.5) is 0 Å². The minimum atomic E-state index is -1.44. The number of pyridine rings is 2. The van der Waals surface area contributed by atoms with Gasteiger partial charge in [0.2, 0.25) is 0 Å². The minimum Gasteiger partial charge on any atom is -0.512 e. The van der Waals surface area contributed by atoms with Crippen LogP contribution in [0.25, 0.3) is 32.9 Å². The Hall–Kier alpha value is -2.66. The largest absolute Gasteiger partial charge is 0.512 e. The predicted molar refractivity (Wildman–Crippen MR) is 180 cm³/mol. The number of rotatable bonds is 8. The van der Waals surface area contributed by atoms with Crippen molar-refractivity contribution in [3.63, 3.8) is 0 Å². The molecule has 0 saturated carbocycles. The zero-order chi connectivity index (χ0) is 30.8. The molecule has 43 heavy (non-hydrogen) atoms. The van der Waals surface area contributed by atoms with Gasteiger partial charge >= 0.3 is 0 Å². The summed E-state index contributed by atoms with van der Waals surface area (Å²) in [6.45, 7) is 20.0. The molecule has 0 unspecified atom stereocenters. The van der Waals surface area contributed by atoms with Gasteiger partial charge in [-0.05, 0) is 64.7 Å². The summed E-state index contributed by atoms with van der Waals surface area (Å²) in [5.74, 6) is 0.547. The normalized spacial score (nSPS) is 13.9. The average molecular weight is 772 g/mol. The van der Waals surface area contributed by atoms with Crippen molar-refractivity contribution in [3.8, 4) is 11.3 Å². The van der Waals surface area contributed by atoms with Crippen LogP contribution in [0.15, 0.2) is 60.6 Å². The van der Waals surface area contributed by atoms with Crippen molar-refractivity contribution in [1.29, 1.82) is 0 Å². The number of ketones is 1. The minimum absolute atomic E-state index is 0. The van der Waals surface area contributed by atoms with Crippen LogP contribution in [-0.4, -0.2) is 28.9 Å². The number of hydrogen-bond donors (Lipinski definition) is 1. The number of aliphatic hydroxyl groups is 1. The van der Waals surface area contributed by atoms with E-state index in [1.54, 1.807) is 0 Å². The van der Waals surface area contributed by atoms with Crippen LogP contribution in [-0.2, 0) is 30.3 Å². The summed E-state index contributed by atoms with van der Waals surface area (Å²) in [4.78, 5) is 21.3. The molecule has 1 radical (unpaired) electrons. The maximum absolute atomic E-state index is 11.7. The van der Waals surface area contributed by atoms with Crippen LogP contribution >= 0.6 is 0 Å². The fourth-order valence-corrected chi connectivity index (χ4v) is 7.39. The van der Waals surface area contributed by atoms with Gasteiger partial charge in [0.25, 0.3) is 0 Å². The van der Waals surface area contributed by atoms with Gasteiger partial charge in [0.05, 0.1) is 13.8 Å². The molecule has 1 N–H and O–H groups in total. The molecule has 4 aromatic rings. The summed E-state index contributed by atoms with van der Waals surface area (Å²) in [6.07, 6.45) is 8.73. The number of aromatic nitrogens is 2. The Labute approximate surface area is 272 Å². The van der Waals surface area contributed by atoms with Gasteiger partial charge in [-0.25, -0.2) is 0 Å². The first-order valence-corrected chi connectivity index (χ1v) is 19.1. The summed E-state index contributed by atoms with van der Waals surface area (Å²) in [6, 6.07) is 16.7. The number of fused-ring (bicyclic) bond motifs is 4. The molecule has 2 aromatic heterocycles. The van der Waals surface area contributed by atoms with E-state index in [2.05, 4.69) is 69.9 Å². The molecular weight excluding hydrogens is 725 g/mol. The van der Waals surface area contributed by atoms with Crippen molar-refractivity contribution >= 4 is 40.7 Å². The Balaban J connectivity index is 0.000000274. The average Bonchev–Trinajstić information content (AvgIpc) is 2.96.